The Morgan fingerprint density at radius 3 is 2.26 bits per heavy atom. The highest BCUT2D eigenvalue weighted by Gasteiger charge is 2.53. The van der Waals surface area contributed by atoms with Gasteiger partial charge < -0.3 is 53.7 Å². The van der Waals surface area contributed by atoms with Crippen LogP contribution in [-0.2, 0) is 52.4 Å². The molecule has 3 aliphatic heterocycles. The van der Waals surface area contributed by atoms with Crippen molar-refractivity contribution in [2.75, 3.05) is 41.1 Å². The van der Waals surface area contributed by atoms with E-state index in [4.69, 9.17) is 28.4 Å². The predicted octanol–water partition coefficient (Wildman–Crippen LogP) is 5.56. The van der Waals surface area contributed by atoms with E-state index in [-0.39, 0.29) is 67.5 Å². The minimum Gasteiger partial charge on any atom is -0.460 e. The van der Waals surface area contributed by atoms with Crippen molar-refractivity contribution in [1.29, 1.82) is 0 Å². The molecule has 70 heavy (non-hydrogen) atoms. The molecule has 3 fully saturated rings. The maximum atomic E-state index is 14.5. The summed E-state index contributed by atoms with van der Waals surface area (Å²) in [6.45, 7) is 12.2. The number of amides is 1. The molecular formula is C54H85NO15. The van der Waals surface area contributed by atoms with E-state index >= 15 is 0 Å². The zero-order valence-corrected chi connectivity index (χ0v) is 43.5. The molecule has 3 heterocycles. The Morgan fingerprint density at radius 2 is 1.59 bits per heavy atom. The second-order valence-electron chi connectivity index (χ2n) is 20.7. The van der Waals surface area contributed by atoms with E-state index in [2.05, 4.69) is 0 Å². The van der Waals surface area contributed by atoms with Crippen LogP contribution in [0.25, 0.3) is 0 Å². The highest BCUT2D eigenvalue weighted by molar-refractivity contribution is 6.39. The van der Waals surface area contributed by atoms with E-state index in [1.54, 1.807) is 41.1 Å². The fourth-order valence-corrected chi connectivity index (χ4v) is 10.6. The van der Waals surface area contributed by atoms with E-state index in [1.165, 1.54) is 12.0 Å². The highest BCUT2D eigenvalue weighted by Crippen LogP contribution is 2.38. The van der Waals surface area contributed by atoms with Gasteiger partial charge in [-0.2, -0.15) is 0 Å². The molecule has 396 valence electrons. The molecule has 0 aromatic carbocycles. The number of hydrogen-bond acceptors (Lipinski definition) is 15. The molecule has 2 bridgehead atoms. The van der Waals surface area contributed by atoms with Crippen LogP contribution in [0.4, 0.5) is 0 Å². The van der Waals surface area contributed by atoms with Gasteiger partial charge >= 0.3 is 5.97 Å². The van der Waals surface area contributed by atoms with Crippen LogP contribution in [-0.4, -0.2) is 156 Å². The Kier molecular flexibility index (Phi) is 23.7. The van der Waals surface area contributed by atoms with E-state index in [0.29, 0.717) is 63.4 Å². The number of methoxy groups -OCH3 is 3. The zero-order chi connectivity index (χ0) is 51.9. The number of hydrogen-bond donors (Lipinski definition) is 4. The first-order valence-electron chi connectivity index (χ1n) is 25.6. The number of carbonyl (C=O) groups excluding carboxylic acids is 5. The Morgan fingerprint density at radius 1 is 0.857 bits per heavy atom. The van der Waals surface area contributed by atoms with Crippen LogP contribution in [0.15, 0.2) is 47.6 Å². The molecule has 1 saturated carbocycles. The number of aliphatic hydroxyl groups is 4. The predicted molar refractivity (Wildman–Crippen MR) is 262 cm³/mol. The zero-order valence-electron chi connectivity index (χ0n) is 43.5. The van der Waals surface area contributed by atoms with Crippen molar-refractivity contribution >= 4 is 29.2 Å². The van der Waals surface area contributed by atoms with Crippen molar-refractivity contribution < 1.29 is 72.8 Å². The Labute approximate surface area is 416 Å². The smallest absolute Gasteiger partial charge is 0.329 e. The lowest BCUT2D eigenvalue weighted by Gasteiger charge is -2.42. The average molecular weight is 988 g/mol. The van der Waals surface area contributed by atoms with Crippen molar-refractivity contribution in [3.63, 3.8) is 0 Å². The molecule has 0 spiro atoms. The van der Waals surface area contributed by atoms with Crippen molar-refractivity contribution in [3.05, 3.63) is 47.6 Å². The third-order valence-corrected chi connectivity index (χ3v) is 15.2. The van der Waals surface area contributed by atoms with Crippen molar-refractivity contribution in [1.82, 2.24) is 4.90 Å². The Bertz CT molecular complexity index is 1860. The summed E-state index contributed by atoms with van der Waals surface area (Å²) in [5.74, 6) is -8.20. The van der Waals surface area contributed by atoms with Gasteiger partial charge in [0.1, 0.15) is 36.2 Å². The van der Waals surface area contributed by atoms with Crippen LogP contribution >= 0.6 is 0 Å². The van der Waals surface area contributed by atoms with Crippen molar-refractivity contribution in [2.24, 2.45) is 35.5 Å². The summed E-state index contributed by atoms with van der Waals surface area (Å²) in [4.78, 5) is 72.2. The number of carbonyl (C=O) groups is 5. The van der Waals surface area contributed by atoms with Gasteiger partial charge in [-0.3, -0.25) is 19.2 Å². The first-order chi connectivity index (χ1) is 33.2. The number of Topliss-reactive ketones (excluding diaryl/α,β-unsaturated/α-hetero) is 3. The summed E-state index contributed by atoms with van der Waals surface area (Å²) in [7, 11) is 4.53. The van der Waals surface area contributed by atoms with Gasteiger partial charge in [-0.15, -0.1) is 0 Å². The van der Waals surface area contributed by atoms with Gasteiger partial charge in [-0.05, 0) is 107 Å². The maximum absolute atomic E-state index is 14.5. The summed E-state index contributed by atoms with van der Waals surface area (Å²) >= 11 is 0. The lowest BCUT2D eigenvalue weighted by molar-refractivity contribution is -0.265. The average Bonchev–Trinajstić information content (AvgIpc) is 3.34. The molecular weight excluding hydrogens is 903 g/mol. The quantitative estimate of drug-likeness (QED) is 0.120. The summed E-state index contributed by atoms with van der Waals surface area (Å²) < 4.78 is 35.6. The monoisotopic (exact) mass is 988 g/mol. The lowest BCUT2D eigenvalue weighted by Crippen LogP contribution is -2.61. The van der Waals surface area contributed by atoms with Crippen molar-refractivity contribution in [3.8, 4) is 0 Å². The van der Waals surface area contributed by atoms with E-state index < -0.39 is 90.5 Å². The van der Waals surface area contributed by atoms with Crippen LogP contribution in [0.2, 0.25) is 0 Å². The fourth-order valence-electron chi connectivity index (χ4n) is 10.6. The number of aliphatic hydroxyl groups excluding tert-OH is 3. The number of allylic oxidation sites excluding steroid dienone is 6. The minimum absolute atomic E-state index is 0.00701. The first-order valence-corrected chi connectivity index (χ1v) is 25.6. The van der Waals surface area contributed by atoms with Crippen LogP contribution in [0.5, 0.6) is 0 Å². The molecule has 4 rings (SSSR count). The first kappa shape index (κ1) is 59.1. The van der Waals surface area contributed by atoms with Gasteiger partial charge in [0.2, 0.25) is 5.79 Å². The number of ketones is 3. The molecule has 2 saturated heterocycles. The third-order valence-electron chi connectivity index (χ3n) is 15.2. The molecule has 0 aromatic rings. The second-order valence-corrected chi connectivity index (χ2v) is 20.7. The molecule has 16 heteroatoms. The van der Waals surface area contributed by atoms with E-state index in [9.17, 15) is 44.4 Å². The number of fused-ring (bicyclic) bond motifs is 3. The number of esters is 1. The molecule has 16 nitrogen and oxygen atoms in total. The van der Waals surface area contributed by atoms with Crippen molar-refractivity contribution in [2.45, 2.75) is 186 Å². The van der Waals surface area contributed by atoms with E-state index in [0.717, 1.165) is 12.0 Å². The molecule has 16 atom stereocenters. The van der Waals surface area contributed by atoms with E-state index in [1.807, 2.05) is 58.1 Å². The SMILES string of the molecule is CO[C@H]1C[C@@H]2CC[C@@H](C)[C@@](O)(O2)C(=O)C(=O)N2CCCC[C@H]2C(=O)O[C@H]([C@H](C)C[C@H]2CC[C@@H](OC[C@H](O)CO)[C@H](OC)C2)CC(=O)[C@H](C)/C=C(\C)[C@@H](O)[C@@H](OC)C(=O)[C@H](C)C[C@H](C)/C=C/C=C/C=C/1C. The molecule has 1 aliphatic carbocycles. The molecule has 0 unspecified atom stereocenters. The van der Waals surface area contributed by atoms with Crippen LogP contribution in [0.1, 0.15) is 126 Å². The molecule has 0 radical (unpaired) electrons. The van der Waals surface area contributed by atoms with Crippen LogP contribution < -0.4 is 0 Å². The molecule has 4 aliphatic rings. The van der Waals surface area contributed by atoms with Gasteiger partial charge in [0.25, 0.3) is 11.7 Å². The Balaban J connectivity index is 1.69. The Hall–Kier alpha value is -3.45. The summed E-state index contributed by atoms with van der Waals surface area (Å²) in [6.07, 6.45) is 10.3. The normalized spacial score (nSPS) is 38.9. The highest BCUT2D eigenvalue weighted by atomic mass is 16.6. The largest absolute Gasteiger partial charge is 0.460 e. The third kappa shape index (κ3) is 16.0. The number of ether oxygens (including phenoxy) is 6. The maximum Gasteiger partial charge on any atom is 0.329 e. The van der Waals surface area contributed by atoms with Crippen LogP contribution in [0, 0.1) is 35.5 Å². The topological polar surface area (TPSA) is 225 Å². The van der Waals surface area contributed by atoms with Gasteiger partial charge in [-0.25, -0.2) is 4.79 Å². The second kappa shape index (κ2) is 28.1. The molecule has 4 N–H and O–H groups in total. The molecule has 0 aromatic heterocycles. The number of cyclic esters (lactones) is 1. The van der Waals surface area contributed by atoms with Gasteiger partial charge in [0, 0.05) is 58.5 Å². The minimum atomic E-state index is -2.45. The van der Waals surface area contributed by atoms with Crippen LogP contribution in [0.3, 0.4) is 0 Å². The standard InChI is InChI=1S/C54H85NO15/c1-32-16-12-11-13-17-33(2)45(65-8)28-41-21-19-38(7)54(64,70-41)51(61)52(62)55-23-15-14-18-42(55)53(63)69-46(35(4)26-39-20-22-44(47(27-39)66-9)68-31-40(57)30-56)29-43(58)34(3)25-37(6)49(60)50(67-10)48(59)36(5)24-32/h11-13,16-17,25,32,34-36,38-42,44-47,49-50,56-57,60,64H,14-15,18-24,26-31H2,1-10H3/b13-11+,16-12+,33-17+,37-25+/t32-,34-,35-,36-,38-,39-,40-,41+,42+,44-,45+,46+,47-,49-,50+,54-/m1/s1. The lowest BCUT2D eigenvalue weighted by atomic mass is 9.78. The summed E-state index contributed by atoms with van der Waals surface area (Å²) in [6, 6.07) is -1.17. The molecule has 1 amide bonds. The number of rotatable bonds is 10. The number of piperidine rings is 1. The van der Waals surface area contributed by atoms with Gasteiger partial charge in [0.15, 0.2) is 5.78 Å². The van der Waals surface area contributed by atoms with Gasteiger partial charge in [0.05, 0.1) is 37.6 Å². The number of nitrogens with zero attached hydrogens (tertiary/aromatic N) is 1. The van der Waals surface area contributed by atoms with Gasteiger partial charge in [-0.1, -0.05) is 71.1 Å². The summed E-state index contributed by atoms with van der Waals surface area (Å²) in [5.41, 5.74) is 1.24. The summed E-state index contributed by atoms with van der Waals surface area (Å²) in [5, 5.41) is 42.7. The fraction of sp³-hybridized carbons (Fsp3) is 0.759.